The fourth-order valence-electron chi connectivity index (χ4n) is 4.90. The van der Waals surface area contributed by atoms with E-state index in [1.807, 2.05) is 0 Å². The van der Waals surface area contributed by atoms with Crippen LogP contribution in [0.3, 0.4) is 0 Å². The van der Waals surface area contributed by atoms with Crippen LogP contribution in [0.25, 0.3) is 0 Å². The van der Waals surface area contributed by atoms with Gasteiger partial charge in [-0.25, -0.2) is 0 Å². The monoisotopic (exact) mass is 242 g/mol. The largest absolute Gasteiger partial charge is 0.336 e. The molecular formula is C11H14O2S2. The highest BCUT2D eigenvalue weighted by Gasteiger charge is 2.79. The average molecular weight is 242 g/mol. The molecule has 2 nitrogen and oxygen atoms in total. The molecule has 4 saturated heterocycles. The van der Waals surface area contributed by atoms with Crippen LogP contribution in [0.1, 0.15) is 20.3 Å². The van der Waals surface area contributed by atoms with E-state index in [9.17, 15) is 0 Å². The van der Waals surface area contributed by atoms with Crippen LogP contribution in [0, 0.1) is 23.7 Å². The van der Waals surface area contributed by atoms with Crippen LogP contribution >= 0.6 is 23.5 Å². The zero-order valence-electron chi connectivity index (χ0n) is 8.80. The minimum absolute atomic E-state index is 0.0574. The second kappa shape index (κ2) is 2.14. The molecule has 4 aliphatic heterocycles. The van der Waals surface area contributed by atoms with E-state index < -0.39 is 0 Å². The van der Waals surface area contributed by atoms with Gasteiger partial charge in [0.1, 0.15) is 10.4 Å². The average Bonchev–Trinajstić information content (AvgIpc) is 2.70. The summed E-state index contributed by atoms with van der Waals surface area (Å²) in [6.07, 6.45) is 1.40. The van der Waals surface area contributed by atoms with Crippen molar-refractivity contribution in [1.82, 2.24) is 0 Å². The topological polar surface area (TPSA) is 18.5 Å². The van der Waals surface area contributed by atoms with E-state index in [4.69, 9.17) is 9.47 Å². The molecule has 5 aliphatic rings. The Bertz CT molecular complexity index is 344. The Balaban J connectivity index is 1.80. The molecule has 0 unspecified atom stereocenters. The molecule has 5 rings (SSSR count). The standard InChI is InChI=1S/C11H14O2S2/c1-10-6-4-3-5-7(6)11(2,13-10)15-9(5)14-8(4)12-10/h4-9H,3H2,1-2H3/t4-,5+,6-,7+,8-,9-,10+,11+/m0/s1. The number of hydrogen-bond donors (Lipinski definition) is 0. The fourth-order valence-corrected chi connectivity index (χ4v) is 9.11. The Morgan fingerprint density at radius 3 is 2.93 bits per heavy atom. The summed E-state index contributed by atoms with van der Waals surface area (Å²) in [6, 6.07) is 0. The van der Waals surface area contributed by atoms with Crippen LogP contribution < -0.4 is 0 Å². The van der Waals surface area contributed by atoms with Gasteiger partial charge < -0.3 is 9.47 Å². The predicted octanol–water partition coefficient (Wildman–Crippen LogP) is 2.49. The van der Waals surface area contributed by atoms with E-state index in [0.29, 0.717) is 11.4 Å². The molecule has 1 saturated carbocycles. The van der Waals surface area contributed by atoms with Gasteiger partial charge in [-0.1, -0.05) is 0 Å². The number of ether oxygens (including phenoxy) is 2. The molecule has 0 radical (unpaired) electrons. The summed E-state index contributed by atoms with van der Waals surface area (Å²) in [7, 11) is 0. The molecule has 2 bridgehead atoms. The molecule has 0 amide bonds. The summed E-state index contributed by atoms with van der Waals surface area (Å²) in [5.74, 6) is 2.89. The van der Waals surface area contributed by atoms with E-state index >= 15 is 0 Å². The van der Waals surface area contributed by atoms with Gasteiger partial charge in [0, 0.05) is 17.8 Å². The smallest absolute Gasteiger partial charge is 0.172 e. The summed E-state index contributed by atoms with van der Waals surface area (Å²) in [4.78, 5) is 0.0574. The zero-order valence-corrected chi connectivity index (χ0v) is 10.4. The fraction of sp³-hybridized carbons (Fsp3) is 1.00. The molecule has 82 valence electrons. The summed E-state index contributed by atoms with van der Waals surface area (Å²) in [6.45, 7) is 4.48. The zero-order chi connectivity index (χ0) is 10.00. The third kappa shape index (κ3) is 0.726. The Morgan fingerprint density at radius 1 is 1.20 bits per heavy atom. The van der Waals surface area contributed by atoms with Gasteiger partial charge in [-0.15, -0.1) is 23.5 Å². The van der Waals surface area contributed by atoms with Gasteiger partial charge >= 0.3 is 0 Å². The Kier molecular flexibility index (Phi) is 1.24. The predicted molar refractivity (Wildman–Crippen MR) is 60.3 cm³/mol. The van der Waals surface area contributed by atoms with Gasteiger partial charge in [0.25, 0.3) is 0 Å². The Morgan fingerprint density at radius 2 is 2.07 bits per heavy atom. The molecule has 0 aromatic heterocycles. The first-order chi connectivity index (χ1) is 7.11. The SMILES string of the molecule is C[C@@]12O[C@H]3S[C@H]4S[C@@](C)(O1)[C@@H]1[C@H]4C[C@H]3[C@@H]12. The van der Waals surface area contributed by atoms with Crippen LogP contribution in [-0.4, -0.2) is 20.7 Å². The minimum atomic E-state index is -0.255. The van der Waals surface area contributed by atoms with Crippen LogP contribution in [0.5, 0.6) is 0 Å². The van der Waals surface area contributed by atoms with Crippen molar-refractivity contribution in [1.29, 1.82) is 0 Å². The van der Waals surface area contributed by atoms with Gasteiger partial charge in [-0.3, -0.25) is 0 Å². The molecule has 0 aromatic carbocycles. The van der Waals surface area contributed by atoms with E-state index in [1.54, 1.807) is 0 Å². The van der Waals surface area contributed by atoms with E-state index in [0.717, 1.165) is 22.3 Å². The molecule has 4 heteroatoms. The normalized spacial score (nSPS) is 77.2. The quantitative estimate of drug-likeness (QED) is 0.649. The summed E-state index contributed by atoms with van der Waals surface area (Å²) in [5, 5.41) is 0. The van der Waals surface area contributed by atoms with Crippen LogP contribution in [0.2, 0.25) is 0 Å². The molecule has 8 atom stereocenters. The summed E-state index contributed by atoms with van der Waals surface area (Å²) < 4.78 is 13.2. The second-order valence-electron chi connectivity index (χ2n) is 5.86. The van der Waals surface area contributed by atoms with Gasteiger partial charge in [-0.2, -0.15) is 0 Å². The molecule has 5 fully saturated rings. The summed E-state index contributed by atoms with van der Waals surface area (Å²) >= 11 is 4.16. The molecule has 1 aliphatic carbocycles. The maximum atomic E-state index is 6.31. The lowest BCUT2D eigenvalue weighted by Crippen LogP contribution is -2.34. The van der Waals surface area contributed by atoms with Crippen molar-refractivity contribution in [2.45, 2.75) is 41.0 Å². The first-order valence-electron chi connectivity index (χ1n) is 5.82. The molecule has 0 spiro atoms. The maximum absolute atomic E-state index is 6.31. The van der Waals surface area contributed by atoms with E-state index in [-0.39, 0.29) is 10.7 Å². The number of thioether (sulfide) groups is 2. The van der Waals surface area contributed by atoms with Crippen molar-refractivity contribution in [3.8, 4) is 0 Å². The van der Waals surface area contributed by atoms with Crippen molar-refractivity contribution in [2.24, 2.45) is 23.7 Å². The van der Waals surface area contributed by atoms with Gasteiger partial charge in [0.2, 0.25) is 0 Å². The van der Waals surface area contributed by atoms with Gasteiger partial charge in [0.15, 0.2) is 5.79 Å². The van der Waals surface area contributed by atoms with Crippen molar-refractivity contribution < 1.29 is 9.47 Å². The van der Waals surface area contributed by atoms with Crippen LogP contribution in [-0.2, 0) is 9.47 Å². The van der Waals surface area contributed by atoms with Gasteiger partial charge in [0.05, 0.1) is 4.58 Å². The Labute approximate surface area is 97.8 Å². The van der Waals surface area contributed by atoms with E-state index in [1.165, 1.54) is 6.42 Å². The van der Waals surface area contributed by atoms with Crippen molar-refractivity contribution in [3.63, 3.8) is 0 Å². The van der Waals surface area contributed by atoms with Gasteiger partial charge in [-0.05, 0) is 26.2 Å². The maximum Gasteiger partial charge on any atom is 0.172 e. The first kappa shape index (κ1) is 8.67. The highest BCUT2D eigenvalue weighted by atomic mass is 32.2. The summed E-state index contributed by atoms with van der Waals surface area (Å²) in [5.41, 5.74) is 0.434. The third-order valence-electron chi connectivity index (χ3n) is 5.14. The van der Waals surface area contributed by atoms with Crippen LogP contribution in [0.4, 0.5) is 0 Å². The lowest BCUT2D eigenvalue weighted by Gasteiger charge is -2.35. The number of rotatable bonds is 0. The minimum Gasteiger partial charge on any atom is -0.336 e. The lowest BCUT2D eigenvalue weighted by molar-refractivity contribution is -0.211. The molecule has 15 heavy (non-hydrogen) atoms. The molecule has 0 aromatic rings. The van der Waals surface area contributed by atoms with E-state index in [2.05, 4.69) is 37.4 Å². The number of hydrogen-bond acceptors (Lipinski definition) is 4. The van der Waals surface area contributed by atoms with Crippen LogP contribution in [0.15, 0.2) is 0 Å². The third-order valence-corrected chi connectivity index (χ3v) is 8.50. The van der Waals surface area contributed by atoms with Crippen molar-refractivity contribution in [2.75, 3.05) is 0 Å². The van der Waals surface area contributed by atoms with Crippen molar-refractivity contribution in [3.05, 3.63) is 0 Å². The Hall–Kier alpha value is 0.620. The second-order valence-corrected chi connectivity index (χ2v) is 8.95. The highest BCUT2D eigenvalue weighted by molar-refractivity contribution is 8.18. The lowest BCUT2D eigenvalue weighted by atomic mass is 9.84. The van der Waals surface area contributed by atoms with Crippen molar-refractivity contribution >= 4 is 23.5 Å². The molecule has 4 heterocycles. The molecule has 0 N–H and O–H groups in total. The highest BCUT2D eigenvalue weighted by Crippen LogP contribution is 2.78. The molecular weight excluding hydrogens is 228 g/mol. The first-order valence-corrected chi connectivity index (χ1v) is 7.64.